The van der Waals surface area contributed by atoms with E-state index in [1.54, 1.807) is 43.4 Å². The zero-order chi connectivity index (χ0) is 36.4. The molecule has 0 N–H and O–H groups in total. The molecule has 0 aliphatic heterocycles. The van der Waals surface area contributed by atoms with E-state index in [0.717, 1.165) is 24.1 Å². The molecule has 0 radical (unpaired) electrons. The number of rotatable bonds is 13. The van der Waals surface area contributed by atoms with Gasteiger partial charge in [0.25, 0.3) is 0 Å². The van der Waals surface area contributed by atoms with Crippen molar-refractivity contribution in [1.29, 1.82) is 0 Å². The Hall–Kier alpha value is -3.65. The number of hydrogen-bond donors (Lipinski definition) is 0. The predicted octanol–water partition coefficient (Wildman–Crippen LogP) is 10.5. The second-order valence-corrected chi connectivity index (χ2v) is 19.9. The summed E-state index contributed by atoms with van der Waals surface area (Å²) in [7, 11) is 1.74. The van der Waals surface area contributed by atoms with Crippen LogP contribution in [0.3, 0.4) is 0 Å². The third-order valence-corrected chi connectivity index (χ3v) is 11.3. The molecule has 0 unspecified atom stereocenters. The topological polar surface area (TPSA) is 61.6 Å². The van der Waals surface area contributed by atoms with Crippen LogP contribution in [0.2, 0.25) is 30.8 Å². The maximum Gasteiger partial charge on any atom is 0.417 e. The molecule has 3 aromatic carbocycles. The molecule has 0 atom stereocenters. The molecule has 0 aliphatic carbocycles. The van der Waals surface area contributed by atoms with Crippen LogP contribution in [0.4, 0.5) is 23.2 Å². The third kappa shape index (κ3) is 8.44. The van der Waals surface area contributed by atoms with Crippen molar-refractivity contribution in [1.82, 2.24) is 14.8 Å². The van der Waals surface area contributed by atoms with Gasteiger partial charge in [0.2, 0.25) is 0 Å². The Kier molecular flexibility index (Phi) is 11.5. The lowest BCUT2D eigenvalue weighted by atomic mass is 9.94. The number of benzene rings is 3. The Balaban J connectivity index is 1.68. The Labute approximate surface area is 303 Å². The summed E-state index contributed by atoms with van der Waals surface area (Å²) in [6, 6.07) is 16.6. The number of pyridine rings is 1. The van der Waals surface area contributed by atoms with Gasteiger partial charge in [-0.1, -0.05) is 55.5 Å². The van der Waals surface area contributed by atoms with E-state index in [1.165, 1.54) is 16.9 Å². The average molecular weight is 794 g/mol. The molecule has 0 aliphatic rings. The Morgan fingerprint density at radius 3 is 2.00 bits per heavy atom. The van der Waals surface area contributed by atoms with E-state index >= 15 is 4.39 Å². The molecule has 0 amide bonds. The minimum Gasteiger partial charge on any atom is -0.497 e. The quantitative estimate of drug-likeness (QED) is 0.0512. The van der Waals surface area contributed by atoms with Crippen molar-refractivity contribution < 1.29 is 31.8 Å². The number of halogens is 6. The van der Waals surface area contributed by atoms with Crippen LogP contribution in [-0.4, -0.2) is 43.7 Å². The van der Waals surface area contributed by atoms with Gasteiger partial charge < -0.3 is 19.1 Å². The van der Waals surface area contributed by atoms with Gasteiger partial charge in [0.1, 0.15) is 29.2 Å². The van der Waals surface area contributed by atoms with Crippen molar-refractivity contribution in [2.24, 2.45) is 0 Å². The Morgan fingerprint density at radius 1 is 0.940 bits per heavy atom. The van der Waals surface area contributed by atoms with Crippen molar-refractivity contribution in [2.45, 2.75) is 58.6 Å². The van der Waals surface area contributed by atoms with E-state index in [9.17, 15) is 13.2 Å². The first-order valence-electron chi connectivity index (χ1n) is 15.8. The Morgan fingerprint density at radius 2 is 1.50 bits per heavy atom. The standard InChI is InChI=1S/C36H38BrClF4N4O3Si/c1-22-30(36(40,41)42)27(33-28-18-43-46(21-49-15-16-50(4,5)6)34(28)31(37)35(38)44-33)17-29(32(22)39)45(19-23-7-11-25(47-2)12-8-23)20-24-9-13-26(48-3)14-10-24/h7-14,17-18H,15-16,19-21H2,1-6H3. The Bertz CT molecular complexity index is 1920. The monoisotopic (exact) mass is 792 g/mol. The molecule has 0 spiro atoms. The highest BCUT2D eigenvalue weighted by Crippen LogP contribution is 2.46. The molecule has 7 nitrogen and oxygen atoms in total. The van der Waals surface area contributed by atoms with Gasteiger partial charge in [-0.3, -0.25) is 0 Å². The number of fused-ring (bicyclic) bond motifs is 1. The first kappa shape index (κ1) is 37.6. The van der Waals surface area contributed by atoms with Crippen LogP contribution >= 0.6 is 27.5 Å². The first-order chi connectivity index (χ1) is 23.6. The van der Waals surface area contributed by atoms with Gasteiger partial charge in [0, 0.05) is 38.7 Å². The highest BCUT2D eigenvalue weighted by Gasteiger charge is 2.39. The second kappa shape index (κ2) is 15.3. The van der Waals surface area contributed by atoms with Crippen molar-refractivity contribution in [3.05, 3.63) is 98.5 Å². The van der Waals surface area contributed by atoms with Crippen LogP contribution in [0, 0.1) is 12.7 Å². The van der Waals surface area contributed by atoms with Crippen LogP contribution in [0.1, 0.15) is 22.3 Å². The van der Waals surface area contributed by atoms with E-state index in [-0.39, 0.29) is 41.9 Å². The molecule has 0 fully saturated rings. The SMILES string of the molecule is COc1ccc(CN(Cc2ccc(OC)cc2)c2cc(-c3nc(Cl)c(Br)c4c3cnn4COCC[Si](C)(C)C)c(C(F)(F)F)c(C)c2F)cc1. The second-order valence-electron chi connectivity index (χ2n) is 13.1. The zero-order valence-electron chi connectivity index (χ0n) is 28.6. The summed E-state index contributed by atoms with van der Waals surface area (Å²) in [4.78, 5) is 6.12. The molecule has 14 heteroatoms. The molecular weight excluding hydrogens is 756 g/mol. The van der Waals surface area contributed by atoms with Crippen LogP contribution < -0.4 is 14.4 Å². The number of ether oxygens (including phenoxy) is 3. The number of nitrogens with zero attached hydrogens (tertiary/aromatic N) is 4. The fourth-order valence-corrected chi connectivity index (χ4v) is 7.05. The molecular formula is C36H38BrClF4N4O3Si. The molecule has 0 bridgehead atoms. The maximum atomic E-state index is 16.4. The van der Waals surface area contributed by atoms with Gasteiger partial charge in [-0.15, -0.1) is 0 Å². The lowest BCUT2D eigenvalue weighted by Crippen LogP contribution is -2.25. The molecule has 5 aromatic rings. The molecule has 0 saturated carbocycles. The normalized spacial score (nSPS) is 12.1. The van der Waals surface area contributed by atoms with Gasteiger partial charge in [0.05, 0.1) is 47.4 Å². The van der Waals surface area contributed by atoms with Gasteiger partial charge in [-0.25, -0.2) is 14.1 Å². The van der Waals surface area contributed by atoms with Gasteiger partial charge in [-0.05, 0) is 75.9 Å². The van der Waals surface area contributed by atoms with Crippen molar-refractivity contribution in [3.63, 3.8) is 0 Å². The molecule has 5 rings (SSSR count). The lowest BCUT2D eigenvalue weighted by molar-refractivity contribution is -0.137. The van der Waals surface area contributed by atoms with Gasteiger partial charge in [0.15, 0.2) is 0 Å². The number of alkyl halides is 3. The molecule has 2 heterocycles. The van der Waals surface area contributed by atoms with E-state index in [2.05, 4.69) is 45.7 Å². The van der Waals surface area contributed by atoms with Crippen LogP contribution in [0.5, 0.6) is 11.5 Å². The van der Waals surface area contributed by atoms with Crippen molar-refractivity contribution >= 4 is 52.2 Å². The fourth-order valence-electron chi connectivity index (χ4n) is 5.62. The summed E-state index contributed by atoms with van der Waals surface area (Å²) in [6.07, 6.45) is -3.48. The zero-order valence-corrected chi connectivity index (χ0v) is 31.9. The smallest absolute Gasteiger partial charge is 0.417 e. The number of aromatic nitrogens is 3. The molecule has 50 heavy (non-hydrogen) atoms. The maximum absolute atomic E-state index is 16.4. The van der Waals surface area contributed by atoms with Crippen molar-refractivity contribution in [2.75, 3.05) is 25.7 Å². The summed E-state index contributed by atoms with van der Waals surface area (Å²) in [6.45, 7) is 8.76. The highest BCUT2D eigenvalue weighted by atomic mass is 79.9. The third-order valence-electron chi connectivity index (χ3n) is 8.33. The number of anilines is 1. The summed E-state index contributed by atoms with van der Waals surface area (Å²) < 4.78 is 79.6. The van der Waals surface area contributed by atoms with Gasteiger partial charge in [-0.2, -0.15) is 18.3 Å². The highest BCUT2D eigenvalue weighted by molar-refractivity contribution is 9.10. The van der Waals surface area contributed by atoms with Gasteiger partial charge >= 0.3 is 6.18 Å². The van der Waals surface area contributed by atoms with Crippen molar-refractivity contribution in [3.8, 4) is 22.8 Å². The predicted molar refractivity (Wildman–Crippen MR) is 195 cm³/mol. The number of methoxy groups -OCH3 is 2. The van der Waals surface area contributed by atoms with Crippen LogP contribution in [-0.2, 0) is 30.7 Å². The van der Waals surface area contributed by atoms with E-state index in [4.69, 9.17) is 25.8 Å². The molecule has 2 aromatic heterocycles. The van der Waals surface area contributed by atoms with Crippen LogP contribution in [0.25, 0.3) is 22.2 Å². The molecule has 0 saturated heterocycles. The summed E-state index contributed by atoms with van der Waals surface area (Å²) in [5.41, 5.74) is -0.131. The van der Waals surface area contributed by atoms with E-state index in [0.29, 0.717) is 33.5 Å². The largest absolute Gasteiger partial charge is 0.497 e. The number of hydrogen-bond acceptors (Lipinski definition) is 6. The lowest BCUT2D eigenvalue weighted by Gasteiger charge is -2.29. The van der Waals surface area contributed by atoms with E-state index < -0.39 is 31.2 Å². The first-order valence-corrected chi connectivity index (χ1v) is 20.7. The molecule has 266 valence electrons. The minimum atomic E-state index is -4.92. The summed E-state index contributed by atoms with van der Waals surface area (Å²) >= 11 is 10.0. The fraction of sp³-hybridized carbons (Fsp3) is 0.333. The van der Waals surface area contributed by atoms with Crippen LogP contribution in [0.15, 0.2) is 65.3 Å². The summed E-state index contributed by atoms with van der Waals surface area (Å²) in [5.74, 6) is 0.283. The summed E-state index contributed by atoms with van der Waals surface area (Å²) in [5, 5.41) is 4.67. The van der Waals surface area contributed by atoms with E-state index in [1.807, 2.05) is 24.3 Å². The minimum absolute atomic E-state index is 0.0341. The average Bonchev–Trinajstić information content (AvgIpc) is 3.49.